The van der Waals surface area contributed by atoms with Crippen molar-refractivity contribution in [2.24, 2.45) is 5.92 Å². The molecule has 0 bridgehead atoms. The molecule has 138 valence electrons. The summed E-state index contributed by atoms with van der Waals surface area (Å²) < 4.78 is 0. The molecule has 3 aromatic rings. The number of rotatable bonds is 3. The maximum Gasteiger partial charge on any atom is 0.256 e. The third-order valence-corrected chi connectivity index (χ3v) is 6.40. The van der Waals surface area contributed by atoms with Crippen LogP contribution in [0.5, 0.6) is 0 Å². The molecule has 0 saturated heterocycles. The predicted octanol–water partition coefficient (Wildman–Crippen LogP) is 4.64. The van der Waals surface area contributed by atoms with Gasteiger partial charge in [-0.15, -0.1) is 11.3 Å². The Morgan fingerprint density at radius 1 is 1.07 bits per heavy atom. The number of anilines is 1. The first-order valence-electron chi connectivity index (χ1n) is 9.24. The quantitative estimate of drug-likeness (QED) is 0.698. The number of thiophene rings is 1. The van der Waals surface area contributed by atoms with Gasteiger partial charge in [0.2, 0.25) is 0 Å². The van der Waals surface area contributed by atoms with Crippen molar-refractivity contribution in [3.8, 4) is 0 Å². The molecular weight excluding hydrogens is 356 g/mol. The lowest BCUT2D eigenvalue weighted by molar-refractivity contribution is 0.0963. The second kappa shape index (κ2) is 7.16. The van der Waals surface area contributed by atoms with E-state index in [1.54, 1.807) is 18.4 Å². The van der Waals surface area contributed by atoms with Crippen molar-refractivity contribution in [3.63, 3.8) is 0 Å². The Bertz CT molecular complexity index is 1030. The number of benzene rings is 2. The molecule has 0 radical (unpaired) electrons. The lowest BCUT2D eigenvalue weighted by atomic mass is 9.88. The minimum absolute atomic E-state index is 0.129. The molecule has 1 atom stereocenters. The molecule has 5 heteroatoms. The minimum Gasteiger partial charge on any atom is -0.355 e. The van der Waals surface area contributed by atoms with Gasteiger partial charge in [0.1, 0.15) is 5.00 Å². The van der Waals surface area contributed by atoms with Gasteiger partial charge in [-0.3, -0.25) is 9.59 Å². The zero-order valence-electron chi connectivity index (χ0n) is 15.5. The van der Waals surface area contributed by atoms with Crippen LogP contribution in [0.3, 0.4) is 0 Å². The first kappa shape index (κ1) is 17.7. The monoisotopic (exact) mass is 378 g/mol. The third kappa shape index (κ3) is 3.23. The molecule has 2 amide bonds. The molecule has 27 heavy (non-hydrogen) atoms. The summed E-state index contributed by atoms with van der Waals surface area (Å²) >= 11 is 1.55. The van der Waals surface area contributed by atoms with Gasteiger partial charge in [-0.25, -0.2) is 0 Å². The molecule has 4 nitrogen and oxygen atoms in total. The van der Waals surface area contributed by atoms with Gasteiger partial charge >= 0.3 is 0 Å². The summed E-state index contributed by atoms with van der Waals surface area (Å²) in [6.45, 7) is 2.23. The fourth-order valence-corrected chi connectivity index (χ4v) is 5.20. The van der Waals surface area contributed by atoms with E-state index in [9.17, 15) is 9.59 Å². The van der Waals surface area contributed by atoms with E-state index < -0.39 is 0 Å². The molecule has 0 spiro atoms. The lowest BCUT2D eigenvalue weighted by Crippen LogP contribution is -2.22. The van der Waals surface area contributed by atoms with Crippen molar-refractivity contribution in [1.29, 1.82) is 0 Å². The lowest BCUT2D eigenvalue weighted by Gasteiger charge is -2.18. The van der Waals surface area contributed by atoms with Crippen LogP contribution in [0.25, 0.3) is 10.8 Å². The Hall–Kier alpha value is -2.66. The minimum atomic E-state index is -0.177. The second-order valence-corrected chi connectivity index (χ2v) is 8.22. The zero-order valence-corrected chi connectivity index (χ0v) is 16.3. The Balaban J connectivity index is 1.73. The van der Waals surface area contributed by atoms with Gasteiger partial charge in [0.25, 0.3) is 11.8 Å². The van der Waals surface area contributed by atoms with E-state index in [4.69, 9.17) is 0 Å². The number of hydrogen-bond donors (Lipinski definition) is 2. The van der Waals surface area contributed by atoms with Crippen LogP contribution in [-0.4, -0.2) is 18.9 Å². The highest BCUT2D eigenvalue weighted by Crippen LogP contribution is 2.40. The van der Waals surface area contributed by atoms with Crippen LogP contribution < -0.4 is 10.6 Å². The number of amides is 2. The van der Waals surface area contributed by atoms with E-state index in [1.165, 1.54) is 4.88 Å². The predicted molar refractivity (Wildman–Crippen MR) is 111 cm³/mol. The summed E-state index contributed by atoms with van der Waals surface area (Å²) in [6.07, 6.45) is 2.93. The van der Waals surface area contributed by atoms with Gasteiger partial charge in [-0.05, 0) is 47.6 Å². The van der Waals surface area contributed by atoms with Crippen molar-refractivity contribution in [2.75, 3.05) is 12.4 Å². The van der Waals surface area contributed by atoms with Gasteiger partial charge in [0.15, 0.2) is 0 Å². The molecule has 4 rings (SSSR count). The number of fused-ring (bicyclic) bond motifs is 2. The van der Waals surface area contributed by atoms with E-state index in [-0.39, 0.29) is 11.8 Å². The number of carbonyl (C=O) groups is 2. The molecule has 1 heterocycles. The summed E-state index contributed by atoms with van der Waals surface area (Å²) in [4.78, 5) is 26.8. The van der Waals surface area contributed by atoms with Gasteiger partial charge in [-0.2, -0.15) is 0 Å². The summed E-state index contributed by atoms with van der Waals surface area (Å²) in [6, 6.07) is 13.5. The van der Waals surface area contributed by atoms with E-state index in [1.807, 2.05) is 42.5 Å². The standard InChI is InChI=1S/C22H22N2O2S/c1-13-10-11-17-18(12-13)27-22(19(17)21(26)23-2)24-20(25)16-9-5-7-14-6-3-4-8-15(14)16/h3-9,13H,10-12H2,1-2H3,(H,23,26)(H,24,25)/t13-/m1/s1. The third-order valence-electron chi connectivity index (χ3n) is 5.23. The Labute approximate surface area is 162 Å². The highest BCUT2D eigenvalue weighted by Gasteiger charge is 2.28. The molecule has 0 saturated carbocycles. The molecule has 0 unspecified atom stereocenters. The van der Waals surface area contributed by atoms with Crippen LogP contribution in [-0.2, 0) is 12.8 Å². The van der Waals surface area contributed by atoms with Crippen LogP contribution in [0.4, 0.5) is 5.00 Å². The average Bonchev–Trinajstić information content (AvgIpc) is 3.03. The van der Waals surface area contributed by atoms with Crippen LogP contribution in [0.1, 0.15) is 44.5 Å². The van der Waals surface area contributed by atoms with E-state index in [2.05, 4.69) is 17.6 Å². The van der Waals surface area contributed by atoms with Crippen molar-refractivity contribution < 1.29 is 9.59 Å². The van der Waals surface area contributed by atoms with Crippen molar-refractivity contribution in [1.82, 2.24) is 5.32 Å². The van der Waals surface area contributed by atoms with Gasteiger partial charge in [-0.1, -0.05) is 43.3 Å². The summed E-state index contributed by atoms with van der Waals surface area (Å²) in [7, 11) is 1.63. The van der Waals surface area contributed by atoms with Crippen LogP contribution >= 0.6 is 11.3 Å². The fourth-order valence-electron chi connectivity index (χ4n) is 3.80. The number of nitrogens with one attached hydrogen (secondary N) is 2. The van der Waals surface area contributed by atoms with Gasteiger partial charge < -0.3 is 10.6 Å². The second-order valence-electron chi connectivity index (χ2n) is 7.12. The highest BCUT2D eigenvalue weighted by molar-refractivity contribution is 7.17. The molecular formula is C22H22N2O2S. The topological polar surface area (TPSA) is 58.2 Å². The maximum absolute atomic E-state index is 13.0. The van der Waals surface area contributed by atoms with E-state index >= 15 is 0 Å². The zero-order chi connectivity index (χ0) is 19.0. The molecule has 2 aromatic carbocycles. The van der Waals surface area contributed by atoms with Crippen molar-refractivity contribution in [2.45, 2.75) is 26.2 Å². The SMILES string of the molecule is CNC(=O)c1c(NC(=O)c2cccc3ccccc23)sc2c1CC[C@@H](C)C2. The number of carbonyl (C=O) groups excluding carboxylic acids is 2. The van der Waals surface area contributed by atoms with Crippen LogP contribution in [0.2, 0.25) is 0 Å². The first-order chi connectivity index (χ1) is 13.1. The normalized spacial score (nSPS) is 16.0. The Morgan fingerprint density at radius 2 is 1.85 bits per heavy atom. The number of hydrogen-bond acceptors (Lipinski definition) is 3. The van der Waals surface area contributed by atoms with Crippen molar-refractivity contribution in [3.05, 3.63) is 64.0 Å². The molecule has 1 aromatic heterocycles. The molecule has 0 aliphatic heterocycles. The van der Waals surface area contributed by atoms with Crippen LogP contribution in [0.15, 0.2) is 42.5 Å². The Kier molecular flexibility index (Phi) is 4.70. The average molecular weight is 378 g/mol. The molecule has 1 aliphatic carbocycles. The summed E-state index contributed by atoms with van der Waals surface area (Å²) in [5, 5.41) is 8.35. The van der Waals surface area contributed by atoms with E-state index in [0.29, 0.717) is 22.0 Å². The van der Waals surface area contributed by atoms with E-state index in [0.717, 1.165) is 35.6 Å². The molecule has 1 aliphatic rings. The fraction of sp³-hybridized carbons (Fsp3) is 0.273. The summed E-state index contributed by atoms with van der Waals surface area (Å²) in [5.41, 5.74) is 2.36. The summed E-state index contributed by atoms with van der Waals surface area (Å²) in [5.74, 6) is 0.300. The Morgan fingerprint density at radius 3 is 2.67 bits per heavy atom. The van der Waals surface area contributed by atoms with Gasteiger partial charge in [0.05, 0.1) is 5.56 Å². The molecule has 2 N–H and O–H groups in total. The smallest absolute Gasteiger partial charge is 0.256 e. The van der Waals surface area contributed by atoms with Crippen molar-refractivity contribution >= 4 is 38.9 Å². The maximum atomic E-state index is 13.0. The molecule has 0 fully saturated rings. The largest absolute Gasteiger partial charge is 0.355 e. The van der Waals surface area contributed by atoms with Crippen LogP contribution in [0, 0.1) is 5.92 Å². The highest BCUT2D eigenvalue weighted by atomic mass is 32.1. The first-order valence-corrected chi connectivity index (χ1v) is 10.1. The van der Waals surface area contributed by atoms with Gasteiger partial charge in [0, 0.05) is 17.5 Å².